The van der Waals surface area contributed by atoms with Gasteiger partial charge in [-0.1, -0.05) is 27.5 Å². The molecule has 1 aromatic rings. The van der Waals surface area contributed by atoms with Gasteiger partial charge < -0.3 is 10.6 Å². The molecule has 1 saturated heterocycles. The molecule has 1 heterocycles. The zero-order valence-electron chi connectivity index (χ0n) is 9.30. The molecule has 1 amide bonds. The number of anilines is 1. The minimum absolute atomic E-state index is 0.105. The van der Waals surface area contributed by atoms with Gasteiger partial charge in [0.05, 0.1) is 10.7 Å². The zero-order valence-corrected chi connectivity index (χ0v) is 11.6. The van der Waals surface area contributed by atoms with Gasteiger partial charge in [-0.3, -0.25) is 4.79 Å². The lowest BCUT2D eigenvalue weighted by Gasteiger charge is -2.17. The Balaban J connectivity index is 2.06. The van der Waals surface area contributed by atoms with Crippen LogP contribution in [0.2, 0.25) is 5.02 Å². The quantitative estimate of drug-likeness (QED) is 0.879. The molecule has 0 saturated carbocycles. The first-order valence-corrected chi connectivity index (χ1v) is 6.80. The summed E-state index contributed by atoms with van der Waals surface area (Å²) in [6, 6.07) is 5.87. The molecular weight excluding hydrogens is 304 g/mol. The normalized spacial score (nSPS) is 20.6. The molecule has 3 nitrogen and oxygen atoms in total. The smallest absolute Gasteiger partial charge is 0.222 e. The number of halogens is 2. The third kappa shape index (κ3) is 3.61. The maximum atomic E-state index is 11.4. The second-order valence-electron chi connectivity index (χ2n) is 4.16. The van der Waals surface area contributed by atoms with Crippen molar-refractivity contribution in [3.8, 4) is 0 Å². The number of hydrogen-bond acceptors (Lipinski definition) is 2. The van der Waals surface area contributed by atoms with E-state index in [2.05, 4.69) is 26.6 Å². The molecule has 1 aliphatic rings. The standard InChI is InChI=1S/C12H14BrClN2O/c13-8-3-4-11(10(14)6-8)16-9-2-1-5-15-12(17)7-9/h3-4,6,9,16H,1-2,5,7H2,(H,15,17). The van der Waals surface area contributed by atoms with E-state index in [1.165, 1.54) is 0 Å². The molecule has 2 N–H and O–H groups in total. The number of nitrogens with one attached hydrogen (secondary N) is 2. The van der Waals surface area contributed by atoms with Crippen LogP contribution < -0.4 is 10.6 Å². The molecule has 17 heavy (non-hydrogen) atoms. The van der Waals surface area contributed by atoms with Crippen molar-refractivity contribution in [2.45, 2.75) is 25.3 Å². The highest BCUT2D eigenvalue weighted by atomic mass is 79.9. The molecule has 0 radical (unpaired) electrons. The van der Waals surface area contributed by atoms with Gasteiger partial charge in [0.15, 0.2) is 0 Å². The second-order valence-corrected chi connectivity index (χ2v) is 5.48. The SMILES string of the molecule is O=C1CC(Nc2ccc(Br)cc2Cl)CCCN1. The summed E-state index contributed by atoms with van der Waals surface area (Å²) in [5, 5.41) is 6.87. The highest BCUT2D eigenvalue weighted by Crippen LogP contribution is 2.27. The molecule has 2 rings (SSSR count). The van der Waals surface area contributed by atoms with E-state index >= 15 is 0 Å². The van der Waals surface area contributed by atoms with Crippen LogP contribution in [-0.4, -0.2) is 18.5 Å². The first kappa shape index (κ1) is 12.7. The summed E-state index contributed by atoms with van der Waals surface area (Å²) in [7, 11) is 0. The number of benzene rings is 1. The Morgan fingerprint density at radius 1 is 1.47 bits per heavy atom. The molecule has 1 aromatic carbocycles. The first-order valence-electron chi connectivity index (χ1n) is 5.63. The van der Waals surface area contributed by atoms with Crippen LogP contribution in [0.5, 0.6) is 0 Å². The van der Waals surface area contributed by atoms with Crippen molar-refractivity contribution in [2.24, 2.45) is 0 Å². The predicted octanol–water partition coefficient (Wildman–Crippen LogP) is 3.18. The Morgan fingerprint density at radius 3 is 3.06 bits per heavy atom. The Hall–Kier alpha value is -0.740. The lowest BCUT2D eigenvalue weighted by Crippen LogP contribution is -2.26. The highest BCUT2D eigenvalue weighted by molar-refractivity contribution is 9.10. The van der Waals surface area contributed by atoms with E-state index in [1.807, 2.05) is 18.2 Å². The molecule has 0 aromatic heterocycles. The van der Waals surface area contributed by atoms with Crippen LogP contribution in [0.4, 0.5) is 5.69 Å². The van der Waals surface area contributed by atoms with E-state index in [0.29, 0.717) is 11.4 Å². The van der Waals surface area contributed by atoms with Crippen molar-refractivity contribution in [2.75, 3.05) is 11.9 Å². The molecule has 92 valence electrons. The number of carbonyl (C=O) groups is 1. The second kappa shape index (κ2) is 5.74. The van der Waals surface area contributed by atoms with Crippen molar-refractivity contribution in [3.05, 3.63) is 27.7 Å². The maximum Gasteiger partial charge on any atom is 0.222 e. The third-order valence-electron chi connectivity index (χ3n) is 2.77. The summed E-state index contributed by atoms with van der Waals surface area (Å²) in [4.78, 5) is 11.4. The van der Waals surface area contributed by atoms with E-state index < -0.39 is 0 Å². The molecule has 0 aliphatic carbocycles. The zero-order chi connectivity index (χ0) is 12.3. The van der Waals surface area contributed by atoms with Gasteiger partial charge in [0, 0.05) is 23.5 Å². The maximum absolute atomic E-state index is 11.4. The molecule has 5 heteroatoms. The van der Waals surface area contributed by atoms with Gasteiger partial charge in [-0.05, 0) is 31.0 Å². The van der Waals surface area contributed by atoms with Crippen LogP contribution in [-0.2, 0) is 4.79 Å². The molecule has 1 atom stereocenters. The van der Waals surface area contributed by atoms with E-state index in [9.17, 15) is 4.79 Å². The van der Waals surface area contributed by atoms with E-state index in [1.54, 1.807) is 0 Å². The van der Waals surface area contributed by atoms with Crippen molar-refractivity contribution in [1.82, 2.24) is 5.32 Å². The van der Waals surface area contributed by atoms with Crippen LogP contribution in [0.25, 0.3) is 0 Å². The van der Waals surface area contributed by atoms with Gasteiger partial charge in [0.1, 0.15) is 0 Å². The highest BCUT2D eigenvalue weighted by Gasteiger charge is 2.17. The predicted molar refractivity (Wildman–Crippen MR) is 73.4 cm³/mol. The third-order valence-corrected chi connectivity index (χ3v) is 3.58. The van der Waals surface area contributed by atoms with Gasteiger partial charge in [-0.25, -0.2) is 0 Å². The lowest BCUT2D eigenvalue weighted by atomic mass is 10.1. The summed E-state index contributed by atoms with van der Waals surface area (Å²) >= 11 is 9.50. The molecule has 1 aliphatic heterocycles. The van der Waals surface area contributed by atoms with Crippen molar-refractivity contribution >= 4 is 39.1 Å². The number of carbonyl (C=O) groups excluding carboxylic acids is 1. The summed E-state index contributed by atoms with van der Waals surface area (Å²) in [6.07, 6.45) is 2.48. The van der Waals surface area contributed by atoms with Gasteiger partial charge in [-0.15, -0.1) is 0 Å². The summed E-state index contributed by atoms with van der Waals surface area (Å²) in [5.41, 5.74) is 0.884. The molecule has 0 bridgehead atoms. The summed E-state index contributed by atoms with van der Waals surface area (Å²) < 4.78 is 0.951. The fourth-order valence-corrected chi connectivity index (χ4v) is 2.65. The van der Waals surface area contributed by atoms with Crippen LogP contribution in [0.15, 0.2) is 22.7 Å². The summed E-state index contributed by atoms with van der Waals surface area (Å²) in [5.74, 6) is 0.105. The first-order chi connectivity index (χ1) is 8.15. The largest absolute Gasteiger partial charge is 0.381 e. The topological polar surface area (TPSA) is 41.1 Å². The Bertz CT molecular complexity index is 425. The van der Waals surface area contributed by atoms with Gasteiger partial charge in [-0.2, -0.15) is 0 Å². The summed E-state index contributed by atoms with van der Waals surface area (Å²) in [6.45, 7) is 0.769. The minimum Gasteiger partial charge on any atom is -0.381 e. The Kier molecular flexibility index (Phi) is 4.29. The van der Waals surface area contributed by atoms with Crippen molar-refractivity contribution in [1.29, 1.82) is 0 Å². The van der Waals surface area contributed by atoms with E-state index in [4.69, 9.17) is 11.6 Å². The Labute approximate surface area is 114 Å². The Morgan fingerprint density at radius 2 is 2.29 bits per heavy atom. The van der Waals surface area contributed by atoms with Crippen molar-refractivity contribution < 1.29 is 4.79 Å². The molecule has 1 fully saturated rings. The fourth-order valence-electron chi connectivity index (χ4n) is 1.92. The lowest BCUT2D eigenvalue weighted by molar-refractivity contribution is -0.120. The van der Waals surface area contributed by atoms with Gasteiger partial charge in [0.25, 0.3) is 0 Å². The van der Waals surface area contributed by atoms with Crippen LogP contribution in [0.1, 0.15) is 19.3 Å². The van der Waals surface area contributed by atoms with Gasteiger partial charge in [0.2, 0.25) is 5.91 Å². The number of hydrogen-bond donors (Lipinski definition) is 2. The fraction of sp³-hybridized carbons (Fsp3) is 0.417. The van der Waals surface area contributed by atoms with Crippen LogP contribution >= 0.6 is 27.5 Å². The van der Waals surface area contributed by atoms with E-state index in [-0.39, 0.29) is 11.9 Å². The van der Waals surface area contributed by atoms with Crippen LogP contribution in [0, 0.1) is 0 Å². The number of amides is 1. The number of rotatable bonds is 2. The average Bonchev–Trinajstić information content (AvgIpc) is 2.47. The van der Waals surface area contributed by atoms with Crippen LogP contribution in [0.3, 0.4) is 0 Å². The molecule has 0 spiro atoms. The van der Waals surface area contributed by atoms with Crippen molar-refractivity contribution in [3.63, 3.8) is 0 Å². The van der Waals surface area contributed by atoms with E-state index in [0.717, 1.165) is 29.5 Å². The average molecular weight is 318 g/mol. The monoisotopic (exact) mass is 316 g/mol. The minimum atomic E-state index is 0.105. The molecular formula is C12H14BrClN2O. The van der Waals surface area contributed by atoms with Gasteiger partial charge >= 0.3 is 0 Å². The molecule has 1 unspecified atom stereocenters.